The number of hydrogen-bond acceptors (Lipinski definition) is 7. The number of thioether (sulfide) groups is 1. The lowest BCUT2D eigenvalue weighted by atomic mass is 10.2. The summed E-state index contributed by atoms with van der Waals surface area (Å²) >= 11 is 2.97. The van der Waals surface area contributed by atoms with Crippen LogP contribution in [-0.2, 0) is 4.79 Å². The molecule has 0 saturated carbocycles. The van der Waals surface area contributed by atoms with Gasteiger partial charge in [0.2, 0.25) is 5.91 Å². The third-order valence-corrected chi connectivity index (χ3v) is 4.50. The molecule has 6 nitrogen and oxygen atoms in total. The Morgan fingerprint density at radius 3 is 3.10 bits per heavy atom. The van der Waals surface area contributed by atoms with Gasteiger partial charge in [-0.15, -0.1) is 0 Å². The number of hydrogen-bond donors (Lipinski definition) is 2. The Morgan fingerprint density at radius 1 is 1.52 bits per heavy atom. The molecule has 0 aliphatic heterocycles. The highest BCUT2D eigenvalue weighted by Crippen LogP contribution is 2.27. The average Bonchev–Trinajstić information content (AvgIpc) is 2.99. The van der Waals surface area contributed by atoms with Crippen molar-refractivity contribution in [1.82, 2.24) is 9.36 Å². The Morgan fingerprint density at radius 2 is 2.38 bits per heavy atom. The fraction of sp³-hybridized carbons (Fsp3) is 0.308. The zero-order valence-electron chi connectivity index (χ0n) is 11.5. The van der Waals surface area contributed by atoms with Crippen molar-refractivity contribution in [2.24, 2.45) is 0 Å². The van der Waals surface area contributed by atoms with Crippen LogP contribution in [0.4, 0.5) is 11.4 Å². The van der Waals surface area contributed by atoms with Crippen LogP contribution in [0.15, 0.2) is 28.9 Å². The fourth-order valence-corrected chi connectivity index (χ4v) is 3.10. The van der Waals surface area contributed by atoms with Crippen molar-refractivity contribution in [2.45, 2.75) is 17.2 Å². The highest BCUT2D eigenvalue weighted by molar-refractivity contribution is 8.00. The van der Waals surface area contributed by atoms with Gasteiger partial charge in [-0.05, 0) is 30.1 Å². The molecule has 0 radical (unpaired) electrons. The number of aromatic nitrogens is 2. The molecule has 1 aromatic carbocycles. The van der Waals surface area contributed by atoms with Crippen LogP contribution < -0.4 is 15.8 Å². The van der Waals surface area contributed by atoms with Crippen LogP contribution in [0.3, 0.4) is 0 Å². The van der Waals surface area contributed by atoms with Gasteiger partial charge in [-0.1, -0.05) is 11.8 Å². The van der Waals surface area contributed by atoms with Crippen molar-refractivity contribution >= 4 is 40.6 Å². The minimum Gasteiger partial charge on any atom is -0.494 e. The number of methoxy groups -OCH3 is 1. The first-order valence-electron chi connectivity index (χ1n) is 6.32. The Hall–Kier alpha value is -1.80. The molecular weight excluding hydrogens is 308 g/mol. The zero-order chi connectivity index (χ0) is 15.1. The van der Waals surface area contributed by atoms with Crippen LogP contribution in [0.1, 0.15) is 12.8 Å². The van der Waals surface area contributed by atoms with Gasteiger partial charge in [0.05, 0.1) is 12.8 Å². The van der Waals surface area contributed by atoms with Crippen LogP contribution >= 0.6 is 23.3 Å². The highest BCUT2D eigenvalue weighted by Gasteiger charge is 2.08. The molecule has 2 rings (SSSR count). The minimum absolute atomic E-state index is 0.0454. The Kier molecular flexibility index (Phi) is 5.82. The molecule has 112 valence electrons. The van der Waals surface area contributed by atoms with Gasteiger partial charge in [-0.25, -0.2) is 4.98 Å². The van der Waals surface area contributed by atoms with Gasteiger partial charge in [0, 0.05) is 23.9 Å². The first-order chi connectivity index (χ1) is 10.2. The summed E-state index contributed by atoms with van der Waals surface area (Å²) in [5, 5.41) is 2.83. The quantitative estimate of drug-likeness (QED) is 0.462. The smallest absolute Gasteiger partial charge is 0.224 e. The van der Waals surface area contributed by atoms with E-state index in [1.54, 1.807) is 37.1 Å². The predicted molar refractivity (Wildman–Crippen MR) is 85.9 cm³/mol. The third kappa shape index (κ3) is 4.91. The molecule has 21 heavy (non-hydrogen) atoms. The SMILES string of the molecule is COc1cc(N)ccc1NC(=O)CCCSc1ncns1. The normalized spacial score (nSPS) is 10.3. The van der Waals surface area contributed by atoms with E-state index in [9.17, 15) is 4.79 Å². The van der Waals surface area contributed by atoms with Crippen LogP contribution in [-0.4, -0.2) is 28.1 Å². The van der Waals surface area contributed by atoms with Gasteiger partial charge >= 0.3 is 0 Å². The molecule has 0 unspecified atom stereocenters. The van der Waals surface area contributed by atoms with E-state index >= 15 is 0 Å². The number of carbonyl (C=O) groups excluding carboxylic acids is 1. The first-order valence-corrected chi connectivity index (χ1v) is 8.08. The summed E-state index contributed by atoms with van der Waals surface area (Å²) in [5.74, 6) is 1.35. The number of anilines is 2. The summed E-state index contributed by atoms with van der Waals surface area (Å²) in [6.07, 6.45) is 2.75. The summed E-state index contributed by atoms with van der Waals surface area (Å²) < 4.78 is 10.0. The standard InChI is InChI=1S/C13H16N4O2S2/c1-19-11-7-9(14)4-5-10(11)17-12(18)3-2-6-20-13-15-8-16-21-13/h4-5,7-8H,2-3,6,14H2,1H3,(H,17,18). The molecule has 0 spiro atoms. The summed E-state index contributed by atoms with van der Waals surface area (Å²) in [5.41, 5.74) is 6.90. The molecule has 0 aliphatic carbocycles. The summed E-state index contributed by atoms with van der Waals surface area (Å²) in [6.45, 7) is 0. The summed E-state index contributed by atoms with van der Waals surface area (Å²) in [4.78, 5) is 16.0. The second kappa shape index (κ2) is 7.84. The number of rotatable bonds is 7. The molecule has 0 bridgehead atoms. The van der Waals surface area contributed by atoms with E-state index in [1.165, 1.54) is 17.9 Å². The number of benzene rings is 1. The lowest BCUT2D eigenvalue weighted by Gasteiger charge is -2.10. The number of amides is 1. The number of nitrogens with zero attached hydrogens (tertiary/aromatic N) is 2. The molecule has 0 fully saturated rings. The van der Waals surface area contributed by atoms with E-state index in [0.717, 1.165) is 16.5 Å². The van der Waals surface area contributed by atoms with Gasteiger partial charge in [-0.3, -0.25) is 4.79 Å². The topological polar surface area (TPSA) is 90.1 Å². The maximum atomic E-state index is 11.9. The van der Waals surface area contributed by atoms with Crippen molar-refractivity contribution in [3.63, 3.8) is 0 Å². The van der Waals surface area contributed by atoms with Gasteiger partial charge in [0.25, 0.3) is 0 Å². The highest BCUT2D eigenvalue weighted by atomic mass is 32.2. The van der Waals surface area contributed by atoms with E-state index in [4.69, 9.17) is 10.5 Å². The first kappa shape index (κ1) is 15.6. The van der Waals surface area contributed by atoms with E-state index in [2.05, 4.69) is 14.7 Å². The molecule has 0 aliphatic rings. The van der Waals surface area contributed by atoms with Crippen LogP contribution in [0, 0.1) is 0 Å². The predicted octanol–water partition coefficient (Wildman–Crippen LogP) is 2.64. The maximum absolute atomic E-state index is 11.9. The van der Waals surface area contributed by atoms with Gasteiger partial charge in [0.1, 0.15) is 12.1 Å². The van der Waals surface area contributed by atoms with Crippen molar-refractivity contribution in [1.29, 1.82) is 0 Å². The molecule has 8 heteroatoms. The monoisotopic (exact) mass is 324 g/mol. The van der Waals surface area contributed by atoms with Gasteiger partial charge in [-0.2, -0.15) is 4.37 Å². The largest absolute Gasteiger partial charge is 0.494 e. The average molecular weight is 324 g/mol. The van der Waals surface area contributed by atoms with Crippen LogP contribution in [0.5, 0.6) is 5.75 Å². The number of ether oxygens (including phenoxy) is 1. The van der Waals surface area contributed by atoms with E-state index < -0.39 is 0 Å². The van der Waals surface area contributed by atoms with Crippen molar-refractivity contribution in [3.8, 4) is 5.75 Å². The molecule has 0 saturated heterocycles. The molecule has 3 N–H and O–H groups in total. The molecule has 1 aromatic heterocycles. The van der Waals surface area contributed by atoms with Crippen LogP contribution in [0.25, 0.3) is 0 Å². The van der Waals surface area contributed by atoms with Crippen LogP contribution in [0.2, 0.25) is 0 Å². The lowest BCUT2D eigenvalue weighted by Crippen LogP contribution is -2.12. The number of nitrogens with two attached hydrogens (primary N) is 1. The Bertz CT molecular complexity index is 590. The lowest BCUT2D eigenvalue weighted by molar-refractivity contribution is -0.116. The van der Waals surface area contributed by atoms with Gasteiger partial charge in [0.15, 0.2) is 4.34 Å². The van der Waals surface area contributed by atoms with Crippen molar-refractivity contribution in [3.05, 3.63) is 24.5 Å². The number of nitrogen functional groups attached to an aromatic ring is 1. The third-order valence-electron chi connectivity index (χ3n) is 2.61. The Balaban J connectivity index is 1.76. The molecule has 0 atom stereocenters. The molecule has 1 heterocycles. The molecule has 2 aromatic rings. The molecular formula is C13H16N4O2S2. The summed E-state index contributed by atoms with van der Waals surface area (Å²) in [7, 11) is 1.54. The summed E-state index contributed by atoms with van der Waals surface area (Å²) in [6, 6.07) is 5.15. The van der Waals surface area contributed by atoms with E-state index in [0.29, 0.717) is 23.5 Å². The van der Waals surface area contributed by atoms with Gasteiger partial charge < -0.3 is 15.8 Å². The number of nitrogens with one attached hydrogen (secondary N) is 1. The Labute approximate surface area is 131 Å². The van der Waals surface area contributed by atoms with E-state index in [-0.39, 0.29) is 5.91 Å². The minimum atomic E-state index is -0.0454. The second-order valence-corrected chi connectivity index (χ2v) is 6.29. The number of carbonyl (C=O) groups is 1. The maximum Gasteiger partial charge on any atom is 0.224 e. The van der Waals surface area contributed by atoms with Crippen molar-refractivity contribution < 1.29 is 9.53 Å². The zero-order valence-corrected chi connectivity index (χ0v) is 13.2. The second-order valence-electron chi connectivity index (χ2n) is 4.17. The van der Waals surface area contributed by atoms with Crippen molar-refractivity contribution in [2.75, 3.05) is 23.9 Å². The molecule has 1 amide bonds. The fourth-order valence-electron chi connectivity index (χ4n) is 1.64. The van der Waals surface area contributed by atoms with E-state index in [1.807, 2.05) is 0 Å².